The van der Waals surface area contributed by atoms with Crippen LogP contribution in [0, 0.1) is 5.82 Å². The predicted molar refractivity (Wildman–Crippen MR) is 109 cm³/mol. The zero-order valence-corrected chi connectivity index (χ0v) is 17.9. The molecule has 0 N–H and O–H groups in total. The van der Waals surface area contributed by atoms with E-state index in [0.717, 1.165) is 17.6 Å². The Bertz CT molecular complexity index is 823. The summed E-state index contributed by atoms with van der Waals surface area (Å²) in [6.45, 7) is 12.9. The number of ether oxygens (including phenoxy) is 1. The Labute approximate surface area is 162 Å². The third-order valence-corrected chi connectivity index (χ3v) is 10.0. The molecule has 0 atom stereocenters. The van der Waals surface area contributed by atoms with Crippen molar-refractivity contribution >= 4 is 14.4 Å². The molecule has 1 aromatic carbocycles. The number of hydrogen-bond acceptors (Lipinski definition) is 3. The minimum Gasteiger partial charge on any atom is -0.492 e. The lowest BCUT2D eigenvalue weighted by Gasteiger charge is -2.36. The Hall–Kier alpha value is -1.92. The maximum atomic E-state index is 14.5. The molecule has 146 valence electrons. The van der Waals surface area contributed by atoms with Gasteiger partial charge in [-0.15, -0.1) is 0 Å². The van der Waals surface area contributed by atoms with Crippen LogP contribution in [0.15, 0.2) is 36.4 Å². The van der Waals surface area contributed by atoms with E-state index in [0.29, 0.717) is 31.1 Å². The highest BCUT2D eigenvalue weighted by Gasteiger charge is 2.37. The summed E-state index contributed by atoms with van der Waals surface area (Å²) in [6.07, 6.45) is 8.01. The van der Waals surface area contributed by atoms with Gasteiger partial charge in [0.1, 0.15) is 18.2 Å². The van der Waals surface area contributed by atoms with Crippen LogP contribution in [0.1, 0.15) is 31.9 Å². The molecule has 0 radical (unpaired) electrons. The molecular weight excluding hydrogens is 359 g/mol. The summed E-state index contributed by atoms with van der Waals surface area (Å²) < 4.78 is 28.5. The zero-order valence-electron chi connectivity index (χ0n) is 16.9. The standard InChI is InChI=1S/C21H29FN2O2Si/c1-21(2,3)27(4,5)26-14-16-10-17-12-18(13-20(22)19(17)11-16)25-9-8-24-7-6-23-15-24/h6-7,11-13,15H,8-10,14H2,1-5H3. The first-order valence-electron chi connectivity index (χ1n) is 9.40. The van der Waals surface area contributed by atoms with Gasteiger partial charge in [0.15, 0.2) is 8.32 Å². The van der Waals surface area contributed by atoms with Crippen molar-refractivity contribution in [2.24, 2.45) is 0 Å². The van der Waals surface area contributed by atoms with E-state index >= 15 is 0 Å². The van der Waals surface area contributed by atoms with E-state index in [4.69, 9.17) is 9.16 Å². The number of halogens is 1. The fourth-order valence-electron chi connectivity index (χ4n) is 2.81. The molecule has 0 amide bonds. The molecule has 0 unspecified atom stereocenters. The first kappa shape index (κ1) is 19.8. The minimum atomic E-state index is -1.81. The summed E-state index contributed by atoms with van der Waals surface area (Å²) in [5.74, 6) is 0.346. The van der Waals surface area contributed by atoms with Crippen molar-refractivity contribution < 1.29 is 13.6 Å². The van der Waals surface area contributed by atoms with Gasteiger partial charge in [0.25, 0.3) is 0 Å². The van der Waals surface area contributed by atoms with Gasteiger partial charge in [0.2, 0.25) is 0 Å². The molecule has 1 aliphatic carbocycles. The molecule has 1 aliphatic rings. The lowest BCUT2D eigenvalue weighted by atomic mass is 10.1. The summed E-state index contributed by atoms with van der Waals surface area (Å²) in [5.41, 5.74) is 2.77. The van der Waals surface area contributed by atoms with E-state index < -0.39 is 8.32 Å². The number of fused-ring (bicyclic) bond motifs is 1. The van der Waals surface area contributed by atoms with E-state index in [1.807, 2.05) is 22.9 Å². The summed E-state index contributed by atoms with van der Waals surface area (Å²) >= 11 is 0. The van der Waals surface area contributed by atoms with Crippen molar-refractivity contribution in [3.05, 3.63) is 53.4 Å². The number of hydrogen-bond donors (Lipinski definition) is 0. The van der Waals surface area contributed by atoms with E-state index in [1.165, 1.54) is 6.07 Å². The quantitative estimate of drug-likeness (QED) is 0.622. The van der Waals surface area contributed by atoms with Crippen LogP contribution in [0.25, 0.3) is 6.08 Å². The maximum Gasteiger partial charge on any atom is 0.192 e. The summed E-state index contributed by atoms with van der Waals surface area (Å²) in [6, 6.07) is 3.42. The van der Waals surface area contributed by atoms with Crippen LogP contribution < -0.4 is 4.74 Å². The van der Waals surface area contributed by atoms with Crippen molar-refractivity contribution in [1.29, 1.82) is 0 Å². The Balaban J connectivity index is 1.60. The van der Waals surface area contributed by atoms with Crippen LogP contribution in [-0.2, 0) is 17.4 Å². The zero-order chi connectivity index (χ0) is 19.7. The van der Waals surface area contributed by atoms with Crippen molar-refractivity contribution in [3.8, 4) is 5.75 Å². The highest BCUT2D eigenvalue weighted by atomic mass is 28.4. The third kappa shape index (κ3) is 4.68. The molecule has 2 aromatic rings. The van der Waals surface area contributed by atoms with Crippen molar-refractivity contribution in [3.63, 3.8) is 0 Å². The van der Waals surface area contributed by atoms with Crippen molar-refractivity contribution in [1.82, 2.24) is 9.55 Å². The lowest BCUT2D eigenvalue weighted by molar-refractivity contribution is 0.296. The van der Waals surface area contributed by atoms with Crippen molar-refractivity contribution in [2.75, 3.05) is 13.2 Å². The predicted octanol–water partition coefficient (Wildman–Crippen LogP) is 5.06. The molecule has 4 nitrogen and oxygen atoms in total. The van der Waals surface area contributed by atoms with Gasteiger partial charge in [-0.25, -0.2) is 9.37 Å². The van der Waals surface area contributed by atoms with E-state index in [-0.39, 0.29) is 10.9 Å². The number of rotatable bonds is 7. The van der Waals surface area contributed by atoms with Gasteiger partial charge < -0.3 is 13.7 Å². The maximum absolute atomic E-state index is 14.5. The summed E-state index contributed by atoms with van der Waals surface area (Å²) in [4.78, 5) is 4.00. The molecule has 1 aromatic heterocycles. The monoisotopic (exact) mass is 388 g/mol. The van der Waals surface area contributed by atoms with Gasteiger partial charge in [0.05, 0.1) is 19.5 Å². The normalized spacial score (nSPS) is 14.2. The summed E-state index contributed by atoms with van der Waals surface area (Å²) in [5, 5.41) is 0.167. The highest BCUT2D eigenvalue weighted by molar-refractivity contribution is 6.74. The first-order chi connectivity index (χ1) is 12.7. The Morgan fingerprint density at radius 2 is 2.04 bits per heavy atom. The van der Waals surface area contributed by atoms with E-state index in [1.54, 1.807) is 12.5 Å². The second kappa shape index (κ2) is 7.60. The average molecular weight is 389 g/mol. The van der Waals surface area contributed by atoms with E-state index in [9.17, 15) is 4.39 Å². The highest BCUT2D eigenvalue weighted by Crippen LogP contribution is 2.38. The average Bonchev–Trinajstić information content (AvgIpc) is 3.21. The van der Waals surface area contributed by atoms with Gasteiger partial charge >= 0.3 is 0 Å². The van der Waals surface area contributed by atoms with Gasteiger partial charge in [-0.2, -0.15) is 0 Å². The molecule has 27 heavy (non-hydrogen) atoms. The Morgan fingerprint density at radius 1 is 1.26 bits per heavy atom. The fraction of sp³-hybridized carbons (Fsp3) is 0.476. The topological polar surface area (TPSA) is 36.3 Å². The molecule has 3 rings (SSSR count). The van der Waals surface area contributed by atoms with Crippen LogP contribution in [-0.4, -0.2) is 31.1 Å². The molecule has 6 heteroatoms. The molecule has 0 saturated carbocycles. The molecular formula is C21H29FN2O2Si. The van der Waals surface area contributed by atoms with Crippen LogP contribution in [0.2, 0.25) is 18.1 Å². The SMILES string of the molecule is CC(C)(C)[Si](C)(C)OCC1=Cc2c(F)cc(OCCn3ccnc3)cc2C1. The van der Waals surface area contributed by atoms with Crippen LogP contribution in [0.5, 0.6) is 5.75 Å². The van der Waals surface area contributed by atoms with E-state index in [2.05, 4.69) is 38.8 Å². The molecule has 0 saturated heterocycles. The fourth-order valence-corrected chi connectivity index (χ4v) is 3.79. The van der Waals surface area contributed by atoms with Gasteiger partial charge in [-0.1, -0.05) is 20.8 Å². The van der Waals surface area contributed by atoms with Gasteiger partial charge in [-0.3, -0.25) is 0 Å². The number of aromatic nitrogens is 2. The van der Waals surface area contributed by atoms with Gasteiger partial charge in [-0.05, 0) is 47.8 Å². The second-order valence-corrected chi connectivity index (χ2v) is 13.5. The number of nitrogens with zero attached hydrogens (tertiary/aromatic N) is 2. The number of imidazole rings is 1. The molecule has 1 heterocycles. The Morgan fingerprint density at radius 3 is 2.70 bits per heavy atom. The lowest BCUT2D eigenvalue weighted by Crippen LogP contribution is -2.41. The van der Waals surface area contributed by atoms with Crippen LogP contribution >= 0.6 is 0 Å². The van der Waals surface area contributed by atoms with Gasteiger partial charge in [0, 0.05) is 24.0 Å². The molecule has 0 spiro atoms. The largest absolute Gasteiger partial charge is 0.492 e. The Kier molecular flexibility index (Phi) is 5.58. The summed E-state index contributed by atoms with van der Waals surface area (Å²) in [7, 11) is -1.81. The molecule has 0 fully saturated rings. The number of benzene rings is 1. The van der Waals surface area contributed by atoms with Crippen molar-refractivity contribution in [2.45, 2.75) is 51.9 Å². The third-order valence-electron chi connectivity index (χ3n) is 5.56. The first-order valence-corrected chi connectivity index (χ1v) is 12.3. The minimum absolute atomic E-state index is 0.167. The molecule has 0 bridgehead atoms. The molecule has 0 aliphatic heterocycles. The smallest absolute Gasteiger partial charge is 0.192 e. The second-order valence-electron chi connectivity index (χ2n) is 8.66. The van der Waals surface area contributed by atoms with Crippen LogP contribution in [0.4, 0.5) is 4.39 Å². The van der Waals surface area contributed by atoms with Crippen LogP contribution in [0.3, 0.4) is 0 Å².